The summed E-state index contributed by atoms with van der Waals surface area (Å²) < 4.78 is 5.36. The van der Waals surface area contributed by atoms with Gasteiger partial charge in [0.1, 0.15) is 11.4 Å². The molecule has 1 aromatic carbocycles. The molecule has 0 aliphatic heterocycles. The van der Waals surface area contributed by atoms with Gasteiger partial charge in [0.05, 0.1) is 12.8 Å². The number of halogens is 1. The molecule has 0 aliphatic rings. The van der Waals surface area contributed by atoms with E-state index in [-0.39, 0.29) is 11.6 Å². The molecule has 0 fully saturated rings. The molecule has 0 bridgehead atoms. The first-order valence-electron chi connectivity index (χ1n) is 8.60. The number of anilines is 2. The molecule has 8 heteroatoms. The van der Waals surface area contributed by atoms with Gasteiger partial charge in [0.2, 0.25) is 5.95 Å². The second-order valence-electron chi connectivity index (χ2n) is 6.18. The van der Waals surface area contributed by atoms with Gasteiger partial charge in [-0.1, -0.05) is 11.6 Å². The van der Waals surface area contributed by atoms with Gasteiger partial charge in [-0.2, -0.15) is 0 Å². The van der Waals surface area contributed by atoms with Crippen molar-refractivity contribution in [3.05, 3.63) is 70.3 Å². The van der Waals surface area contributed by atoms with Gasteiger partial charge in [-0.15, -0.1) is 0 Å². The van der Waals surface area contributed by atoms with E-state index in [0.29, 0.717) is 34.6 Å². The van der Waals surface area contributed by atoms with Crippen LogP contribution >= 0.6 is 11.6 Å². The minimum absolute atomic E-state index is 0.272. The highest BCUT2D eigenvalue weighted by molar-refractivity contribution is 6.31. The van der Waals surface area contributed by atoms with Crippen LogP contribution in [0.15, 0.2) is 42.7 Å². The zero-order valence-electron chi connectivity index (χ0n) is 15.8. The largest absolute Gasteiger partial charge is 0.495 e. The van der Waals surface area contributed by atoms with Crippen molar-refractivity contribution in [2.75, 3.05) is 12.4 Å². The number of methoxy groups -OCH3 is 1. The monoisotopic (exact) mass is 397 g/mol. The van der Waals surface area contributed by atoms with Gasteiger partial charge in [-0.05, 0) is 49.2 Å². The van der Waals surface area contributed by atoms with E-state index in [1.165, 1.54) is 0 Å². The molecule has 0 unspecified atom stereocenters. The number of pyridine rings is 1. The number of amides is 1. The Labute approximate surface area is 168 Å². The van der Waals surface area contributed by atoms with Crippen LogP contribution in [0.2, 0.25) is 5.02 Å². The first-order chi connectivity index (χ1) is 13.5. The van der Waals surface area contributed by atoms with E-state index in [2.05, 4.69) is 25.6 Å². The van der Waals surface area contributed by atoms with Gasteiger partial charge in [-0.25, -0.2) is 9.97 Å². The van der Waals surface area contributed by atoms with Crippen molar-refractivity contribution < 1.29 is 9.53 Å². The Balaban J connectivity index is 1.80. The van der Waals surface area contributed by atoms with Gasteiger partial charge in [0.25, 0.3) is 5.91 Å². The number of carbonyl (C=O) groups excluding carboxylic acids is 1. The van der Waals surface area contributed by atoms with Crippen LogP contribution in [0.4, 0.5) is 11.6 Å². The van der Waals surface area contributed by atoms with E-state index in [4.69, 9.17) is 16.3 Å². The van der Waals surface area contributed by atoms with E-state index in [0.717, 1.165) is 11.1 Å². The third-order valence-electron chi connectivity index (χ3n) is 4.02. The number of aryl methyl sites for hydroxylation is 2. The molecule has 7 nitrogen and oxygen atoms in total. The lowest BCUT2D eigenvalue weighted by Gasteiger charge is -2.13. The summed E-state index contributed by atoms with van der Waals surface area (Å²) in [6.45, 7) is 4.08. The Bertz CT molecular complexity index is 995. The molecule has 0 aliphatic carbocycles. The quantitative estimate of drug-likeness (QED) is 0.657. The van der Waals surface area contributed by atoms with E-state index in [9.17, 15) is 4.79 Å². The Hall–Kier alpha value is -3.19. The maximum absolute atomic E-state index is 12.5. The first kappa shape index (κ1) is 19.6. The minimum atomic E-state index is -0.287. The molecule has 3 rings (SSSR count). The van der Waals surface area contributed by atoms with Crippen LogP contribution in [-0.2, 0) is 6.54 Å². The molecular weight excluding hydrogens is 378 g/mol. The highest BCUT2D eigenvalue weighted by atomic mass is 35.5. The molecule has 0 spiro atoms. The zero-order chi connectivity index (χ0) is 20.1. The molecule has 2 aromatic heterocycles. The molecule has 2 heterocycles. The van der Waals surface area contributed by atoms with Crippen molar-refractivity contribution in [2.24, 2.45) is 0 Å². The predicted octanol–water partition coefficient (Wildman–Crippen LogP) is 3.82. The van der Waals surface area contributed by atoms with Gasteiger partial charge >= 0.3 is 0 Å². The molecule has 0 atom stereocenters. The SMILES string of the molecule is COc1cc(Cl)c(C)cc1Nc1nc(C)cc(C(=O)NCc2ccncc2)n1. The molecule has 2 N–H and O–H groups in total. The maximum atomic E-state index is 12.5. The van der Waals surface area contributed by atoms with Crippen LogP contribution in [0.1, 0.15) is 27.3 Å². The molecule has 1 amide bonds. The second-order valence-corrected chi connectivity index (χ2v) is 6.59. The first-order valence-corrected chi connectivity index (χ1v) is 8.98. The summed E-state index contributed by atoms with van der Waals surface area (Å²) >= 11 is 6.15. The fraction of sp³-hybridized carbons (Fsp3) is 0.200. The van der Waals surface area contributed by atoms with Gasteiger partial charge in [0.15, 0.2) is 0 Å². The van der Waals surface area contributed by atoms with Crippen LogP contribution < -0.4 is 15.4 Å². The average molecular weight is 398 g/mol. The molecule has 0 radical (unpaired) electrons. The Morgan fingerprint density at radius 2 is 1.89 bits per heavy atom. The number of hydrogen-bond donors (Lipinski definition) is 2. The lowest BCUT2D eigenvalue weighted by Crippen LogP contribution is -2.24. The topological polar surface area (TPSA) is 89.0 Å². The van der Waals surface area contributed by atoms with E-state index in [1.807, 2.05) is 25.1 Å². The molecule has 0 saturated carbocycles. The number of rotatable bonds is 6. The van der Waals surface area contributed by atoms with Crippen molar-refractivity contribution >= 4 is 29.1 Å². The fourth-order valence-electron chi connectivity index (χ4n) is 2.56. The number of nitrogens with one attached hydrogen (secondary N) is 2. The summed E-state index contributed by atoms with van der Waals surface area (Å²) in [7, 11) is 1.56. The third-order valence-corrected chi connectivity index (χ3v) is 4.42. The predicted molar refractivity (Wildman–Crippen MR) is 108 cm³/mol. The van der Waals surface area contributed by atoms with Crippen molar-refractivity contribution in [2.45, 2.75) is 20.4 Å². The molecule has 28 heavy (non-hydrogen) atoms. The lowest BCUT2D eigenvalue weighted by atomic mass is 10.2. The van der Waals surface area contributed by atoms with Crippen molar-refractivity contribution in [3.63, 3.8) is 0 Å². The normalized spacial score (nSPS) is 10.4. The van der Waals surface area contributed by atoms with E-state index in [1.54, 1.807) is 38.6 Å². The number of carbonyl (C=O) groups is 1. The fourth-order valence-corrected chi connectivity index (χ4v) is 2.72. The van der Waals surface area contributed by atoms with Crippen LogP contribution in [0.25, 0.3) is 0 Å². The number of hydrogen-bond acceptors (Lipinski definition) is 6. The minimum Gasteiger partial charge on any atom is -0.495 e. The number of nitrogens with zero attached hydrogens (tertiary/aromatic N) is 3. The van der Waals surface area contributed by atoms with E-state index >= 15 is 0 Å². The Kier molecular flexibility index (Phi) is 6.06. The van der Waals surface area contributed by atoms with Crippen molar-refractivity contribution in [3.8, 4) is 5.75 Å². The third kappa shape index (κ3) is 4.75. The summed E-state index contributed by atoms with van der Waals surface area (Å²) in [5.41, 5.74) is 3.44. The van der Waals surface area contributed by atoms with Crippen LogP contribution in [-0.4, -0.2) is 28.0 Å². The average Bonchev–Trinajstić information content (AvgIpc) is 2.69. The highest BCUT2D eigenvalue weighted by Gasteiger charge is 2.13. The number of aromatic nitrogens is 3. The summed E-state index contributed by atoms with van der Waals surface area (Å²) in [4.78, 5) is 25.2. The summed E-state index contributed by atoms with van der Waals surface area (Å²) in [5, 5.41) is 6.55. The summed E-state index contributed by atoms with van der Waals surface area (Å²) in [6.07, 6.45) is 3.36. The number of ether oxygens (including phenoxy) is 1. The van der Waals surface area contributed by atoms with Crippen molar-refractivity contribution in [1.29, 1.82) is 0 Å². The van der Waals surface area contributed by atoms with E-state index < -0.39 is 0 Å². The van der Waals surface area contributed by atoms with Gasteiger partial charge in [-0.3, -0.25) is 9.78 Å². The highest BCUT2D eigenvalue weighted by Crippen LogP contribution is 2.32. The Morgan fingerprint density at radius 3 is 2.61 bits per heavy atom. The maximum Gasteiger partial charge on any atom is 0.270 e. The standard InChI is InChI=1S/C20H20ClN5O2/c1-12-8-16(18(28-3)10-15(12)21)25-20-24-13(2)9-17(26-20)19(27)23-11-14-4-6-22-7-5-14/h4-10H,11H2,1-3H3,(H,23,27)(H,24,25,26). The molecule has 144 valence electrons. The van der Waals surface area contributed by atoms with Crippen LogP contribution in [0.5, 0.6) is 5.75 Å². The van der Waals surface area contributed by atoms with Crippen molar-refractivity contribution in [1.82, 2.24) is 20.3 Å². The summed E-state index contributed by atoms with van der Waals surface area (Å²) in [5.74, 6) is 0.572. The smallest absolute Gasteiger partial charge is 0.270 e. The summed E-state index contributed by atoms with van der Waals surface area (Å²) in [6, 6.07) is 8.88. The lowest BCUT2D eigenvalue weighted by molar-refractivity contribution is 0.0945. The molecular formula is C20H20ClN5O2. The van der Waals surface area contributed by atoms with Gasteiger partial charge < -0.3 is 15.4 Å². The number of benzene rings is 1. The molecule has 3 aromatic rings. The van der Waals surface area contributed by atoms with Crippen LogP contribution in [0, 0.1) is 13.8 Å². The Morgan fingerprint density at radius 1 is 1.14 bits per heavy atom. The molecule has 0 saturated heterocycles. The zero-order valence-corrected chi connectivity index (χ0v) is 16.5. The van der Waals surface area contributed by atoms with Crippen LogP contribution in [0.3, 0.4) is 0 Å². The van der Waals surface area contributed by atoms with Gasteiger partial charge in [0, 0.05) is 35.7 Å². The second kappa shape index (κ2) is 8.67.